The van der Waals surface area contributed by atoms with Crippen molar-refractivity contribution in [3.63, 3.8) is 0 Å². The van der Waals surface area contributed by atoms with E-state index in [1.807, 2.05) is 31.2 Å². The second kappa shape index (κ2) is 5.35. The maximum absolute atomic E-state index is 10.9. The van der Waals surface area contributed by atoms with Crippen LogP contribution in [-0.4, -0.2) is 15.9 Å². The number of nitrogens with zero attached hydrogens (tertiary/aromatic N) is 1. The molecule has 0 aliphatic heterocycles. The van der Waals surface area contributed by atoms with Gasteiger partial charge in [0.15, 0.2) is 0 Å². The standard InChI is InChI=1S/C13H16N4O/c1-9-13(16-8-15-9)7-14-11-3-5-12(6-4-11)17-10(2)18/h3-6,8,14H,7H2,1-2H3,(H,15,16)(H,17,18). The number of imidazole rings is 1. The van der Waals surface area contributed by atoms with Crippen LogP contribution in [0.5, 0.6) is 0 Å². The number of rotatable bonds is 4. The van der Waals surface area contributed by atoms with E-state index in [-0.39, 0.29) is 5.91 Å². The normalized spacial score (nSPS) is 10.1. The minimum atomic E-state index is -0.0668. The van der Waals surface area contributed by atoms with Gasteiger partial charge >= 0.3 is 0 Å². The topological polar surface area (TPSA) is 69.8 Å². The second-order valence-corrected chi connectivity index (χ2v) is 4.09. The number of aryl methyl sites for hydroxylation is 1. The number of nitrogens with one attached hydrogen (secondary N) is 3. The number of H-pyrrole nitrogens is 1. The first kappa shape index (κ1) is 12.2. The van der Waals surface area contributed by atoms with E-state index in [1.165, 1.54) is 6.92 Å². The number of hydrogen-bond acceptors (Lipinski definition) is 3. The van der Waals surface area contributed by atoms with E-state index in [0.717, 1.165) is 22.8 Å². The number of carbonyl (C=O) groups is 1. The Labute approximate surface area is 106 Å². The summed E-state index contributed by atoms with van der Waals surface area (Å²) in [6.45, 7) is 4.16. The van der Waals surface area contributed by atoms with Crippen LogP contribution in [0, 0.1) is 6.92 Å². The third-order valence-electron chi connectivity index (χ3n) is 2.60. The molecule has 2 aromatic rings. The summed E-state index contributed by atoms with van der Waals surface area (Å²) in [5.74, 6) is -0.0668. The predicted octanol–water partition coefficient (Wildman–Crippen LogP) is 2.29. The first-order chi connectivity index (χ1) is 8.65. The van der Waals surface area contributed by atoms with E-state index in [0.29, 0.717) is 6.54 Å². The smallest absolute Gasteiger partial charge is 0.221 e. The minimum absolute atomic E-state index is 0.0668. The van der Waals surface area contributed by atoms with Crippen LogP contribution in [-0.2, 0) is 11.3 Å². The molecule has 0 atom stereocenters. The maximum atomic E-state index is 10.9. The quantitative estimate of drug-likeness (QED) is 0.772. The summed E-state index contributed by atoms with van der Waals surface area (Å²) in [5.41, 5.74) is 3.86. The van der Waals surface area contributed by atoms with Gasteiger partial charge in [-0.2, -0.15) is 0 Å². The van der Waals surface area contributed by atoms with E-state index in [4.69, 9.17) is 0 Å². The van der Waals surface area contributed by atoms with Gasteiger partial charge in [-0.25, -0.2) is 4.98 Å². The number of aromatic nitrogens is 2. The fourth-order valence-corrected chi connectivity index (χ4v) is 1.63. The molecular formula is C13H16N4O. The van der Waals surface area contributed by atoms with Crippen molar-refractivity contribution in [3.05, 3.63) is 42.0 Å². The Balaban J connectivity index is 1.94. The molecule has 0 saturated heterocycles. The van der Waals surface area contributed by atoms with Crippen molar-refractivity contribution in [2.45, 2.75) is 20.4 Å². The highest BCUT2D eigenvalue weighted by Crippen LogP contribution is 2.14. The molecule has 18 heavy (non-hydrogen) atoms. The largest absolute Gasteiger partial charge is 0.379 e. The molecule has 5 nitrogen and oxygen atoms in total. The maximum Gasteiger partial charge on any atom is 0.221 e. The number of aromatic amines is 1. The molecule has 0 radical (unpaired) electrons. The van der Waals surface area contributed by atoms with Crippen molar-refractivity contribution in [2.75, 3.05) is 10.6 Å². The van der Waals surface area contributed by atoms with Crippen molar-refractivity contribution in [3.8, 4) is 0 Å². The molecule has 94 valence electrons. The zero-order chi connectivity index (χ0) is 13.0. The van der Waals surface area contributed by atoms with Gasteiger partial charge in [0.1, 0.15) is 0 Å². The summed E-state index contributed by atoms with van der Waals surface area (Å²) in [5, 5.41) is 6.00. The first-order valence-electron chi connectivity index (χ1n) is 5.75. The molecule has 1 heterocycles. The highest BCUT2D eigenvalue weighted by Gasteiger charge is 2.01. The van der Waals surface area contributed by atoms with Crippen molar-refractivity contribution in [1.82, 2.24) is 9.97 Å². The molecule has 2 rings (SSSR count). The number of hydrogen-bond donors (Lipinski definition) is 3. The molecule has 1 amide bonds. The van der Waals surface area contributed by atoms with Gasteiger partial charge in [0, 0.05) is 24.0 Å². The lowest BCUT2D eigenvalue weighted by Crippen LogP contribution is -2.06. The predicted molar refractivity (Wildman–Crippen MR) is 71.4 cm³/mol. The van der Waals surface area contributed by atoms with Crippen LogP contribution in [0.15, 0.2) is 30.6 Å². The van der Waals surface area contributed by atoms with E-state index in [1.54, 1.807) is 6.33 Å². The zero-order valence-electron chi connectivity index (χ0n) is 10.4. The van der Waals surface area contributed by atoms with Crippen LogP contribution < -0.4 is 10.6 Å². The summed E-state index contributed by atoms with van der Waals surface area (Å²) in [4.78, 5) is 18.1. The summed E-state index contributed by atoms with van der Waals surface area (Å²) < 4.78 is 0. The van der Waals surface area contributed by atoms with Gasteiger partial charge in [0.25, 0.3) is 0 Å². The van der Waals surface area contributed by atoms with Gasteiger partial charge < -0.3 is 15.6 Å². The Morgan fingerprint density at radius 2 is 1.94 bits per heavy atom. The molecule has 3 N–H and O–H groups in total. The Morgan fingerprint density at radius 1 is 1.28 bits per heavy atom. The molecule has 0 saturated carbocycles. The Morgan fingerprint density at radius 3 is 2.50 bits per heavy atom. The Kier molecular flexibility index (Phi) is 3.62. The lowest BCUT2D eigenvalue weighted by Gasteiger charge is -2.07. The molecule has 0 spiro atoms. The number of carbonyl (C=O) groups excluding carboxylic acids is 1. The molecular weight excluding hydrogens is 228 g/mol. The molecule has 0 fully saturated rings. The SMILES string of the molecule is CC(=O)Nc1ccc(NCc2nc[nH]c2C)cc1. The molecule has 1 aromatic heterocycles. The lowest BCUT2D eigenvalue weighted by molar-refractivity contribution is -0.114. The molecule has 0 bridgehead atoms. The molecule has 0 aliphatic carbocycles. The average Bonchev–Trinajstić information content (AvgIpc) is 2.73. The number of benzene rings is 1. The van der Waals surface area contributed by atoms with Crippen molar-refractivity contribution < 1.29 is 4.79 Å². The van der Waals surface area contributed by atoms with Gasteiger partial charge in [0.05, 0.1) is 18.6 Å². The van der Waals surface area contributed by atoms with Crippen LogP contribution >= 0.6 is 0 Å². The molecule has 0 aliphatic rings. The number of amides is 1. The summed E-state index contributed by atoms with van der Waals surface area (Å²) in [6, 6.07) is 7.57. The first-order valence-corrected chi connectivity index (χ1v) is 5.75. The molecule has 1 aromatic carbocycles. The fourth-order valence-electron chi connectivity index (χ4n) is 1.63. The minimum Gasteiger partial charge on any atom is -0.379 e. The van der Waals surface area contributed by atoms with Gasteiger partial charge in [-0.05, 0) is 31.2 Å². The van der Waals surface area contributed by atoms with E-state index < -0.39 is 0 Å². The van der Waals surface area contributed by atoms with Crippen molar-refractivity contribution in [1.29, 1.82) is 0 Å². The second-order valence-electron chi connectivity index (χ2n) is 4.09. The van der Waals surface area contributed by atoms with Crippen LogP contribution in [0.1, 0.15) is 18.3 Å². The highest BCUT2D eigenvalue weighted by molar-refractivity contribution is 5.88. The average molecular weight is 244 g/mol. The van der Waals surface area contributed by atoms with Crippen LogP contribution in [0.4, 0.5) is 11.4 Å². The zero-order valence-corrected chi connectivity index (χ0v) is 10.4. The van der Waals surface area contributed by atoms with E-state index >= 15 is 0 Å². The lowest BCUT2D eigenvalue weighted by atomic mass is 10.2. The van der Waals surface area contributed by atoms with E-state index in [9.17, 15) is 4.79 Å². The van der Waals surface area contributed by atoms with Crippen molar-refractivity contribution in [2.24, 2.45) is 0 Å². The third kappa shape index (κ3) is 3.10. The fraction of sp³-hybridized carbons (Fsp3) is 0.231. The Hall–Kier alpha value is -2.30. The third-order valence-corrected chi connectivity index (χ3v) is 2.60. The van der Waals surface area contributed by atoms with Crippen molar-refractivity contribution >= 4 is 17.3 Å². The number of anilines is 2. The molecule has 0 unspecified atom stereocenters. The van der Waals surface area contributed by atoms with Gasteiger partial charge in [-0.1, -0.05) is 0 Å². The van der Waals surface area contributed by atoms with Gasteiger partial charge in [-0.3, -0.25) is 4.79 Å². The van der Waals surface area contributed by atoms with Gasteiger partial charge in [0.2, 0.25) is 5.91 Å². The van der Waals surface area contributed by atoms with Crippen LogP contribution in [0.2, 0.25) is 0 Å². The summed E-state index contributed by atoms with van der Waals surface area (Å²) >= 11 is 0. The van der Waals surface area contributed by atoms with Gasteiger partial charge in [-0.15, -0.1) is 0 Å². The van der Waals surface area contributed by atoms with Crippen LogP contribution in [0.3, 0.4) is 0 Å². The Bertz CT molecular complexity index is 530. The van der Waals surface area contributed by atoms with Crippen LogP contribution in [0.25, 0.3) is 0 Å². The summed E-state index contributed by atoms with van der Waals surface area (Å²) in [6.07, 6.45) is 1.69. The summed E-state index contributed by atoms with van der Waals surface area (Å²) in [7, 11) is 0. The highest BCUT2D eigenvalue weighted by atomic mass is 16.1. The molecule has 5 heteroatoms. The van der Waals surface area contributed by atoms with E-state index in [2.05, 4.69) is 20.6 Å². The monoisotopic (exact) mass is 244 g/mol.